The molecule has 24 heavy (non-hydrogen) atoms. The Hall–Kier alpha value is -2.04. The highest BCUT2D eigenvalue weighted by Crippen LogP contribution is 2.33. The number of amides is 2. The number of anilines is 2. The number of nitrogens with zero attached hydrogens (tertiary/aromatic N) is 2. The molecule has 0 aromatic heterocycles. The maximum absolute atomic E-state index is 13.1. The van der Waals surface area contributed by atoms with Crippen molar-refractivity contribution in [2.24, 2.45) is 5.92 Å². The number of carbonyl (C=O) groups excluding carboxylic acids is 2. The van der Waals surface area contributed by atoms with Gasteiger partial charge in [-0.3, -0.25) is 9.59 Å². The lowest BCUT2D eigenvalue weighted by molar-refractivity contribution is -0.135. The minimum Gasteiger partial charge on any atom is -0.398 e. The number of fused-ring (bicyclic) bond motifs is 1. The number of benzene rings is 1. The molecule has 2 N–H and O–H groups in total. The SMILES string of the molecule is CCCC(=O)N1CCCC(C(=O)N2CCCc3c(N)cccc32)C1. The van der Waals surface area contributed by atoms with Crippen molar-refractivity contribution in [1.29, 1.82) is 0 Å². The summed E-state index contributed by atoms with van der Waals surface area (Å²) in [5, 5.41) is 0. The fraction of sp³-hybridized carbons (Fsp3) is 0.579. The fourth-order valence-electron chi connectivity index (χ4n) is 3.88. The lowest BCUT2D eigenvalue weighted by Crippen LogP contribution is -2.48. The van der Waals surface area contributed by atoms with Crippen LogP contribution in [0, 0.1) is 5.92 Å². The predicted octanol–water partition coefficient (Wildman–Crippen LogP) is 2.59. The minimum absolute atomic E-state index is 0.0908. The minimum atomic E-state index is -0.0908. The molecule has 1 unspecified atom stereocenters. The highest BCUT2D eigenvalue weighted by atomic mass is 16.2. The molecule has 1 atom stereocenters. The van der Waals surface area contributed by atoms with Crippen molar-refractivity contribution in [2.75, 3.05) is 30.3 Å². The van der Waals surface area contributed by atoms with Crippen molar-refractivity contribution in [3.8, 4) is 0 Å². The second-order valence-corrected chi connectivity index (χ2v) is 6.87. The maximum Gasteiger partial charge on any atom is 0.231 e. The first-order valence-corrected chi connectivity index (χ1v) is 9.08. The summed E-state index contributed by atoms with van der Waals surface area (Å²) in [6.07, 6.45) is 5.07. The molecule has 1 saturated heterocycles. The molecule has 1 aromatic carbocycles. The predicted molar refractivity (Wildman–Crippen MR) is 95.7 cm³/mol. The van der Waals surface area contributed by atoms with Gasteiger partial charge >= 0.3 is 0 Å². The second kappa shape index (κ2) is 7.24. The van der Waals surface area contributed by atoms with E-state index in [-0.39, 0.29) is 17.7 Å². The van der Waals surface area contributed by atoms with Crippen molar-refractivity contribution in [2.45, 2.75) is 45.4 Å². The molecule has 2 amide bonds. The Morgan fingerprint density at radius 3 is 2.88 bits per heavy atom. The topological polar surface area (TPSA) is 66.6 Å². The van der Waals surface area contributed by atoms with E-state index in [0.29, 0.717) is 13.0 Å². The standard InChI is InChI=1S/C19H27N3O2/c1-2-6-18(23)21-11-4-7-14(13-21)19(24)22-12-5-8-15-16(20)9-3-10-17(15)22/h3,9-10,14H,2,4-8,11-13,20H2,1H3. The van der Waals surface area contributed by atoms with Crippen LogP contribution >= 0.6 is 0 Å². The molecule has 5 nitrogen and oxygen atoms in total. The Balaban J connectivity index is 1.75. The van der Waals surface area contributed by atoms with Crippen molar-refractivity contribution in [3.63, 3.8) is 0 Å². The molecule has 1 fully saturated rings. The molecule has 0 radical (unpaired) electrons. The van der Waals surface area contributed by atoms with Crippen LogP contribution in [0.3, 0.4) is 0 Å². The Kier molecular flexibility index (Phi) is 5.07. The van der Waals surface area contributed by atoms with Gasteiger partial charge < -0.3 is 15.5 Å². The third kappa shape index (κ3) is 3.25. The number of rotatable bonds is 3. The van der Waals surface area contributed by atoms with Gasteiger partial charge in [-0.25, -0.2) is 0 Å². The van der Waals surface area contributed by atoms with Crippen molar-refractivity contribution >= 4 is 23.2 Å². The summed E-state index contributed by atoms with van der Waals surface area (Å²) in [6.45, 7) is 4.10. The van der Waals surface area contributed by atoms with Gasteiger partial charge in [0.1, 0.15) is 0 Å². The number of nitrogens with two attached hydrogens (primary N) is 1. The fourth-order valence-corrected chi connectivity index (χ4v) is 3.88. The summed E-state index contributed by atoms with van der Waals surface area (Å²) in [7, 11) is 0. The van der Waals surface area contributed by atoms with Gasteiger partial charge in [0.15, 0.2) is 0 Å². The summed E-state index contributed by atoms with van der Waals surface area (Å²) in [5.41, 5.74) is 8.91. The van der Waals surface area contributed by atoms with Gasteiger partial charge in [0.2, 0.25) is 11.8 Å². The van der Waals surface area contributed by atoms with Crippen LogP contribution in [-0.4, -0.2) is 36.3 Å². The molecule has 1 aromatic rings. The number of nitrogen functional groups attached to an aromatic ring is 1. The number of carbonyl (C=O) groups is 2. The quantitative estimate of drug-likeness (QED) is 0.867. The molecular formula is C19H27N3O2. The van der Waals surface area contributed by atoms with E-state index in [9.17, 15) is 9.59 Å². The first kappa shape index (κ1) is 16.8. The number of hydrogen-bond donors (Lipinski definition) is 1. The van der Waals surface area contributed by atoms with E-state index in [0.717, 1.165) is 62.1 Å². The lowest BCUT2D eigenvalue weighted by Gasteiger charge is -2.37. The second-order valence-electron chi connectivity index (χ2n) is 6.87. The Labute approximate surface area is 143 Å². The Bertz CT molecular complexity index is 629. The van der Waals surface area contributed by atoms with Gasteiger partial charge in [-0.2, -0.15) is 0 Å². The summed E-state index contributed by atoms with van der Waals surface area (Å²) in [5.74, 6) is 0.237. The van der Waals surface area contributed by atoms with Crippen molar-refractivity contribution in [1.82, 2.24) is 4.90 Å². The van der Waals surface area contributed by atoms with Crippen molar-refractivity contribution < 1.29 is 9.59 Å². The van der Waals surface area contributed by atoms with Crippen LogP contribution in [0.1, 0.15) is 44.6 Å². The summed E-state index contributed by atoms with van der Waals surface area (Å²) in [4.78, 5) is 29.0. The molecule has 2 heterocycles. The third-order valence-corrected chi connectivity index (χ3v) is 5.14. The molecule has 130 valence electrons. The van der Waals surface area contributed by atoms with E-state index >= 15 is 0 Å². The molecule has 0 bridgehead atoms. The lowest BCUT2D eigenvalue weighted by atomic mass is 9.93. The molecule has 5 heteroatoms. The zero-order valence-electron chi connectivity index (χ0n) is 14.5. The van der Waals surface area contributed by atoms with Gasteiger partial charge in [-0.1, -0.05) is 13.0 Å². The molecule has 2 aliphatic rings. The van der Waals surface area contributed by atoms with Gasteiger partial charge in [-0.05, 0) is 49.8 Å². The van der Waals surface area contributed by atoms with E-state index in [4.69, 9.17) is 5.73 Å². The van der Waals surface area contributed by atoms with Crippen LogP contribution in [0.4, 0.5) is 11.4 Å². The van der Waals surface area contributed by atoms with E-state index < -0.39 is 0 Å². The van der Waals surface area contributed by atoms with Gasteiger partial charge in [0, 0.05) is 37.4 Å². The van der Waals surface area contributed by atoms with E-state index in [1.54, 1.807) is 0 Å². The number of piperidine rings is 1. The highest BCUT2D eigenvalue weighted by molar-refractivity contribution is 5.97. The van der Waals surface area contributed by atoms with E-state index in [1.165, 1.54) is 0 Å². The van der Waals surface area contributed by atoms with Crippen LogP contribution in [-0.2, 0) is 16.0 Å². The van der Waals surface area contributed by atoms with Gasteiger partial charge in [-0.15, -0.1) is 0 Å². The first-order chi connectivity index (χ1) is 11.6. The molecule has 3 rings (SSSR count). The van der Waals surface area contributed by atoms with Crippen LogP contribution in [0.15, 0.2) is 18.2 Å². The average Bonchev–Trinajstić information content (AvgIpc) is 2.61. The van der Waals surface area contributed by atoms with E-state index in [2.05, 4.69) is 0 Å². The summed E-state index contributed by atoms with van der Waals surface area (Å²) in [6, 6.07) is 5.81. The normalized spacial score (nSPS) is 20.6. The Morgan fingerprint density at radius 1 is 1.25 bits per heavy atom. The zero-order chi connectivity index (χ0) is 17.1. The zero-order valence-corrected chi connectivity index (χ0v) is 14.5. The summed E-state index contributed by atoms with van der Waals surface area (Å²) >= 11 is 0. The number of hydrogen-bond acceptors (Lipinski definition) is 3. The molecular weight excluding hydrogens is 302 g/mol. The first-order valence-electron chi connectivity index (χ1n) is 9.08. The van der Waals surface area contributed by atoms with Crippen LogP contribution in [0.25, 0.3) is 0 Å². The molecule has 0 saturated carbocycles. The molecule has 0 aliphatic carbocycles. The monoisotopic (exact) mass is 329 g/mol. The molecule has 0 spiro atoms. The Morgan fingerprint density at radius 2 is 2.08 bits per heavy atom. The largest absolute Gasteiger partial charge is 0.398 e. The average molecular weight is 329 g/mol. The van der Waals surface area contributed by atoms with Gasteiger partial charge in [0.25, 0.3) is 0 Å². The van der Waals surface area contributed by atoms with Gasteiger partial charge in [0.05, 0.1) is 5.92 Å². The summed E-state index contributed by atoms with van der Waals surface area (Å²) < 4.78 is 0. The van der Waals surface area contributed by atoms with E-state index in [1.807, 2.05) is 34.9 Å². The van der Waals surface area contributed by atoms with Crippen LogP contribution in [0.5, 0.6) is 0 Å². The molecule has 2 aliphatic heterocycles. The number of likely N-dealkylation sites (tertiary alicyclic amines) is 1. The van der Waals surface area contributed by atoms with Crippen LogP contribution < -0.4 is 10.6 Å². The van der Waals surface area contributed by atoms with Crippen molar-refractivity contribution in [3.05, 3.63) is 23.8 Å². The highest BCUT2D eigenvalue weighted by Gasteiger charge is 2.33. The maximum atomic E-state index is 13.1. The smallest absolute Gasteiger partial charge is 0.231 e. The van der Waals surface area contributed by atoms with Crippen LogP contribution in [0.2, 0.25) is 0 Å². The third-order valence-electron chi connectivity index (χ3n) is 5.14.